The Balaban J connectivity index is 2.28. The molecule has 1 nitrogen and oxygen atoms in total. The molecule has 2 fully saturated rings. The lowest BCUT2D eigenvalue weighted by molar-refractivity contribution is 0.181. The summed E-state index contributed by atoms with van der Waals surface area (Å²) in [5.41, 5.74) is 0.346. The van der Waals surface area contributed by atoms with Crippen molar-refractivity contribution in [1.29, 1.82) is 0 Å². The molecule has 4 atom stereocenters. The molecule has 13 heavy (non-hydrogen) atoms. The summed E-state index contributed by atoms with van der Waals surface area (Å²) in [5.74, 6) is 4.72. The van der Waals surface area contributed by atoms with Gasteiger partial charge in [0.15, 0.2) is 0 Å². The molecule has 0 N–H and O–H groups in total. The molecule has 0 aliphatic carbocycles. The highest BCUT2D eigenvalue weighted by molar-refractivity contribution is 8.01. The van der Waals surface area contributed by atoms with Gasteiger partial charge < -0.3 is 0 Å². The van der Waals surface area contributed by atoms with Crippen LogP contribution in [0.5, 0.6) is 0 Å². The average Bonchev–Trinajstić information content (AvgIpc) is 2.57. The second kappa shape index (κ2) is 3.27. The number of rotatable bonds is 1. The second-order valence-electron chi connectivity index (χ2n) is 4.87. The fourth-order valence-electron chi connectivity index (χ4n) is 2.52. The van der Waals surface area contributed by atoms with E-state index in [1.165, 1.54) is 5.75 Å². The van der Waals surface area contributed by atoms with Crippen molar-refractivity contribution in [3.63, 3.8) is 0 Å². The molecular formula is C10H18OS2. The maximum atomic E-state index is 11.9. The lowest BCUT2D eigenvalue weighted by Gasteiger charge is -2.33. The molecule has 2 aliphatic rings. The van der Waals surface area contributed by atoms with E-state index in [9.17, 15) is 4.21 Å². The molecule has 76 valence electrons. The Kier molecular flexibility index (Phi) is 2.52. The number of fused-ring (bicyclic) bond motifs is 1. The zero-order valence-corrected chi connectivity index (χ0v) is 10.2. The third kappa shape index (κ3) is 1.39. The average molecular weight is 218 g/mol. The van der Waals surface area contributed by atoms with Gasteiger partial charge in [-0.3, -0.25) is 4.21 Å². The third-order valence-electron chi connectivity index (χ3n) is 3.99. The molecule has 2 heterocycles. The molecule has 0 spiro atoms. The van der Waals surface area contributed by atoms with Crippen molar-refractivity contribution in [2.45, 2.75) is 26.0 Å². The zero-order valence-electron chi connectivity index (χ0n) is 8.58. The number of hydrogen-bond acceptors (Lipinski definition) is 2. The molecule has 0 saturated carbocycles. The van der Waals surface area contributed by atoms with Crippen LogP contribution in [0.15, 0.2) is 0 Å². The second-order valence-corrected chi connectivity index (χ2v) is 7.60. The third-order valence-corrected chi connectivity index (χ3v) is 7.46. The standard InChI is InChI=1S/C10H18OS2/c1-7(2)10(3)6-13(11)9-5-12-4-8(9)10/h7-9H,4-6H2,1-3H3. The first-order chi connectivity index (χ1) is 6.05. The van der Waals surface area contributed by atoms with Gasteiger partial charge in [-0.2, -0.15) is 11.8 Å². The Bertz CT molecular complexity index is 239. The van der Waals surface area contributed by atoms with Crippen molar-refractivity contribution in [1.82, 2.24) is 0 Å². The zero-order chi connectivity index (χ0) is 9.64. The van der Waals surface area contributed by atoms with Gasteiger partial charge in [-0.05, 0) is 23.0 Å². The quantitative estimate of drug-likeness (QED) is 0.671. The van der Waals surface area contributed by atoms with Gasteiger partial charge in [-0.15, -0.1) is 0 Å². The summed E-state index contributed by atoms with van der Waals surface area (Å²) in [4.78, 5) is 0. The smallest absolute Gasteiger partial charge is 0.0480 e. The van der Waals surface area contributed by atoms with E-state index in [4.69, 9.17) is 0 Å². The minimum Gasteiger partial charge on any atom is -0.259 e. The largest absolute Gasteiger partial charge is 0.259 e. The van der Waals surface area contributed by atoms with Crippen molar-refractivity contribution < 1.29 is 4.21 Å². The first-order valence-corrected chi connectivity index (χ1v) is 7.54. The van der Waals surface area contributed by atoms with Gasteiger partial charge in [0.1, 0.15) is 0 Å². The van der Waals surface area contributed by atoms with Crippen LogP contribution in [-0.4, -0.2) is 26.7 Å². The van der Waals surface area contributed by atoms with E-state index in [1.807, 2.05) is 11.8 Å². The minimum atomic E-state index is -0.539. The molecule has 0 aromatic rings. The maximum Gasteiger partial charge on any atom is 0.0480 e. The van der Waals surface area contributed by atoms with Crippen molar-refractivity contribution >= 4 is 22.6 Å². The molecule has 2 saturated heterocycles. The van der Waals surface area contributed by atoms with Crippen LogP contribution in [0.3, 0.4) is 0 Å². The fourth-order valence-corrected chi connectivity index (χ4v) is 7.16. The molecule has 0 amide bonds. The Labute approximate surface area is 87.5 Å². The molecule has 3 heteroatoms. The van der Waals surface area contributed by atoms with Crippen molar-refractivity contribution in [3.05, 3.63) is 0 Å². The van der Waals surface area contributed by atoms with E-state index >= 15 is 0 Å². The molecule has 2 aliphatic heterocycles. The van der Waals surface area contributed by atoms with E-state index in [1.54, 1.807) is 0 Å². The SMILES string of the molecule is CC(C)C1(C)CS(=O)C2CSCC21. The number of thioether (sulfide) groups is 1. The predicted octanol–water partition coefficient (Wildman–Crippen LogP) is 2.14. The summed E-state index contributed by atoms with van der Waals surface area (Å²) < 4.78 is 11.9. The van der Waals surface area contributed by atoms with Crippen LogP contribution in [0.2, 0.25) is 0 Å². The van der Waals surface area contributed by atoms with Crippen molar-refractivity contribution in [3.8, 4) is 0 Å². The van der Waals surface area contributed by atoms with Crippen LogP contribution in [-0.2, 0) is 10.8 Å². The van der Waals surface area contributed by atoms with Gasteiger partial charge in [0.05, 0.1) is 0 Å². The molecule has 0 bridgehead atoms. The van der Waals surface area contributed by atoms with Gasteiger partial charge in [-0.1, -0.05) is 20.8 Å². The van der Waals surface area contributed by atoms with E-state index in [2.05, 4.69) is 20.8 Å². The monoisotopic (exact) mass is 218 g/mol. The first kappa shape index (κ1) is 10.0. The summed E-state index contributed by atoms with van der Waals surface area (Å²) in [7, 11) is -0.539. The van der Waals surface area contributed by atoms with Gasteiger partial charge in [0.25, 0.3) is 0 Å². The summed E-state index contributed by atoms with van der Waals surface area (Å²) in [6.45, 7) is 6.90. The van der Waals surface area contributed by atoms with Crippen LogP contribution < -0.4 is 0 Å². The Morgan fingerprint density at radius 2 is 2.15 bits per heavy atom. The predicted molar refractivity (Wildman–Crippen MR) is 60.6 cm³/mol. The van der Waals surface area contributed by atoms with Crippen molar-refractivity contribution in [2.75, 3.05) is 17.3 Å². The summed E-state index contributed by atoms with van der Waals surface area (Å²) in [5, 5.41) is 0.511. The highest BCUT2D eigenvalue weighted by Crippen LogP contribution is 2.51. The van der Waals surface area contributed by atoms with E-state index < -0.39 is 10.8 Å². The van der Waals surface area contributed by atoms with Gasteiger partial charge in [0.2, 0.25) is 0 Å². The molecule has 0 aromatic carbocycles. The fraction of sp³-hybridized carbons (Fsp3) is 1.00. The van der Waals surface area contributed by atoms with E-state index in [-0.39, 0.29) is 0 Å². The Morgan fingerprint density at radius 1 is 1.46 bits per heavy atom. The van der Waals surface area contributed by atoms with Crippen LogP contribution in [0.4, 0.5) is 0 Å². The van der Waals surface area contributed by atoms with Crippen LogP contribution >= 0.6 is 11.8 Å². The van der Waals surface area contributed by atoms with Gasteiger partial charge >= 0.3 is 0 Å². The van der Waals surface area contributed by atoms with Crippen LogP contribution in [0, 0.1) is 17.3 Å². The normalized spacial score (nSPS) is 50.0. The van der Waals surface area contributed by atoms with Crippen molar-refractivity contribution in [2.24, 2.45) is 17.3 Å². The lowest BCUT2D eigenvalue weighted by atomic mass is 9.70. The molecular weight excluding hydrogens is 200 g/mol. The van der Waals surface area contributed by atoms with Crippen LogP contribution in [0.1, 0.15) is 20.8 Å². The first-order valence-electron chi connectivity index (χ1n) is 5.00. The minimum absolute atomic E-state index is 0.346. The summed E-state index contributed by atoms with van der Waals surface area (Å²) in [6.07, 6.45) is 0. The highest BCUT2D eigenvalue weighted by Gasteiger charge is 2.53. The van der Waals surface area contributed by atoms with E-state index in [0.29, 0.717) is 16.6 Å². The summed E-state index contributed by atoms with van der Waals surface area (Å²) in [6, 6.07) is 0. The lowest BCUT2D eigenvalue weighted by Crippen LogP contribution is -2.33. The Hall–Kier alpha value is 0.500. The highest BCUT2D eigenvalue weighted by atomic mass is 32.2. The Morgan fingerprint density at radius 3 is 2.77 bits per heavy atom. The molecule has 4 unspecified atom stereocenters. The molecule has 0 radical (unpaired) electrons. The topological polar surface area (TPSA) is 17.1 Å². The van der Waals surface area contributed by atoms with Gasteiger partial charge in [-0.25, -0.2) is 0 Å². The molecule has 2 rings (SSSR count). The van der Waals surface area contributed by atoms with E-state index in [0.717, 1.165) is 17.4 Å². The summed E-state index contributed by atoms with van der Waals surface area (Å²) >= 11 is 2.00. The number of hydrogen-bond donors (Lipinski definition) is 0. The molecule has 0 aromatic heterocycles. The van der Waals surface area contributed by atoms with Gasteiger partial charge in [0, 0.05) is 27.6 Å². The maximum absolute atomic E-state index is 11.9. The van der Waals surface area contributed by atoms with Crippen LogP contribution in [0.25, 0.3) is 0 Å².